The minimum Gasteiger partial charge on any atom is -0.379 e. The molecule has 1 saturated heterocycles. The van der Waals surface area contributed by atoms with Crippen LogP contribution in [0.2, 0.25) is 5.02 Å². The van der Waals surface area contributed by atoms with Crippen LogP contribution in [0.4, 0.5) is 11.4 Å². The molecular weight excluding hydrogens is 434 g/mol. The molecule has 3 aromatic rings. The SMILES string of the molecule is CN(C)c1cccc2c(S(=O)(=O)Nc3ccc(CN4CCOCC4)cc3Cl)cccc12. The van der Waals surface area contributed by atoms with Gasteiger partial charge in [-0.2, -0.15) is 0 Å². The predicted octanol–water partition coefficient (Wildman–Crippen LogP) is 4.19. The first-order valence-corrected chi connectivity index (χ1v) is 12.0. The standard InChI is InChI=1S/C23H26ClN3O3S/c1-26(2)22-7-3-6-19-18(22)5-4-8-23(19)31(28,29)25-21-10-9-17(15-20(21)24)16-27-11-13-30-14-12-27/h3-10,15,25H,11-14,16H2,1-2H3. The molecule has 0 radical (unpaired) electrons. The summed E-state index contributed by atoms with van der Waals surface area (Å²) in [5.74, 6) is 0. The number of anilines is 2. The van der Waals surface area contributed by atoms with Crippen LogP contribution in [-0.2, 0) is 21.3 Å². The summed E-state index contributed by atoms with van der Waals surface area (Å²) in [4.78, 5) is 4.48. The molecule has 8 heteroatoms. The highest BCUT2D eigenvalue weighted by molar-refractivity contribution is 7.93. The Labute approximate surface area is 188 Å². The van der Waals surface area contributed by atoms with E-state index in [0.29, 0.717) is 16.1 Å². The zero-order valence-electron chi connectivity index (χ0n) is 17.6. The lowest BCUT2D eigenvalue weighted by Crippen LogP contribution is -2.35. The van der Waals surface area contributed by atoms with Gasteiger partial charge in [0.25, 0.3) is 10.0 Å². The molecule has 1 aliphatic heterocycles. The summed E-state index contributed by atoms with van der Waals surface area (Å²) in [6.45, 7) is 3.97. The van der Waals surface area contributed by atoms with E-state index in [1.807, 2.05) is 55.4 Å². The van der Waals surface area contributed by atoms with E-state index in [9.17, 15) is 8.42 Å². The number of rotatable bonds is 6. The van der Waals surface area contributed by atoms with Crippen LogP contribution in [0, 0.1) is 0 Å². The first-order valence-electron chi connectivity index (χ1n) is 10.2. The number of sulfonamides is 1. The van der Waals surface area contributed by atoms with Gasteiger partial charge in [0, 0.05) is 50.2 Å². The van der Waals surface area contributed by atoms with Crippen molar-refractivity contribution in [1.82, 2.24) is 4.90 Å². The molecule has 0 aromatic heterocycles. The van der Waals surface area contributed by atoms with E-state index in [-0.39, 0.29) is 4.90 Å². The van der Waals surface area contributed by atoms with Gasteiger partial charge in [0.05, 0.1) is 28.8 Å². The van der Waals surface area contributed by atoms with E-state index in [4.69, 9.17) is 16.3 Å². The van der Waals surface area contributed by atoms with Gasteiger partial charge in [-0.3, -0.25) is 9.62 Å². The minimum atomic E-state index is -3.82. The molecule has 0 spiro atoms. The normalized spacial score (nSPS) is 15.2. The molecule has 1 N–H and O–H groups in total. The summed E-state index contributed by atoms with van der Waals surface area (Å²) < 4.78 is 34.5. The number of hydrogen-bond donors (Lipinski definition) is 1. The number of halogens is 1. The van der Waals surface area contributed by atoms with Crippen LogP contribution in [-0.4, -0.2) is 53.7 Å². The molecule has 0 bridgehead atoms. The largest absolute Gasteiger partial charge is 0.379 e. The second-order valence-corrected chi connectivity index (χ2v) is 9.89. The third kappa shape index (κ3) is 4.80. The summed E-state index contributed by atoms with van der Waals surface area (Å²) in [6, 6.07) is 16.4. The predicted molar refractivity (Wildman–Crippen MR) is 127 cm³/mol. The molecule has 0 saturated carbocycles. The van der Waals surface area contributed by atoms with Crippen molar-refractivity contribution in [3.8, 4) is 0 Å². The lowest BCUT2D eigenvalue weighted by atomic mass is 10.1. The average molecular weight is 460 g/mol. The maximum Gasteiger partial charge on any atom is 0.262 e. The third-order valence-electron chi connectivity index (χ3n) is 5.42. The lowest BCUT2D eigenvalue weighted by Gasteiger charge is -2.26. The van der Waals surface area contributed by atoms with Gasteiger partial charge in [0.15, 0.2) is 0 Å². The van der Waals surface area contributed by atoms with E-state index in [1.165, 1.54) is 0 Å². The topological polar surface area (TPSA) is 61.9 Å². The van der Waals surface area contributed by atoms with E-state index in [1.54, 1.807) is 18.2 Å². The van der Waals surface area contributed by atoms with Crippen LogP contribution < -0.4 is 9.62 Å². The minimum absolute atomic E-state index is 0.224. The number of fused-ring (bicyclic) bond motifs is 1. The number of nitrogens with zero attached hydrogens (tertiary/aromatic N) is 2. The summed E-state index contributed by atoms with van der Waals surface area (Å²) in [6.07, 6.45) is 0. The Morgan fingerprint density at radius 1 is 1.03 bits per heavy atom. The molecule has 4 rings (SSSR count). The fourth-order valence-corrected chi connectivity index (χ4v) is 5.45. The van der Waals surface area contributed by atoms with Crippen LogP contribution in [0.25, 0.3) is 10.8 Å². The van der Waals surface area contributed by atoms with E-state index in [2.05, 4.69) is 9.62 Å². The maximum absolute atomic E-state index is 13.2. The molecule has 0 atom stereocenters. The quantitative estimate of drug-likeness (QED) is 0.598. The molecule has 0 amide bonds. The first kappa shape index (κ1) is 21.9. The lowest BCUT2D eigenvalue weighted by molar-refractivity contribution is 0.0342. The summed E-state index contributed by atoms with van der Waals surface area (Å²) in [5.41, 5.74) is 2.36. The van der Waals surface area contributed by atoms with Crippen LogP contribution in [0.1, 0.15) is 5.56 Å². The molecule has 6 nitrogen and oxygen atoms in total. The number of hydrogen-bond acceptors (Lipinski definition) is 5. The summed E-state index contributed by atoms with van der Waals surface area (Å²) in [5, 5.41) is 1.92. The molecule has 0 aliphatic carbocycles. The van der Waals surface area contributed by atoms with Crippen molar-refractivity contribution in [3.63, 3.8) is 0 Å². The Morgan fingerprint density at radius 2 is 1.74 bits per heavy atom. The van der Waals surface area contributed by atoms with Gasteiger partial charge in [0.1, 0.15) is 0 Å². The molecule has 1 fully saturated rings. The van der Waals surface area contributed by atoms with Crippen LogP contribution in [0.5, 0.6) is 0 Å². The number of morpholine rings is 1. The number of benzene rings is 3. The van der Waals surface area contributed by atoms with Gasteiger partial charge in [-0.15, -0.1) is 0 Å². The zero-order valence-corrected chi connectivity index (χ0v) is 19.2. The summed E-state index contributed by atoms with van der Waals surface area (Å²) >= 11 is 6.45. The molecule has 1 aliphatic rings. The van der Waals surface area contributed by atoms with Crippen LogP contribution >= 0.6 is 11.6 Å². The van der Waals surface area contributed by atoms with E-state index in [0.717, 1.165) is 49.5 Å². The second kappa shape index (κ2) is 9.04. The maximum atomic E-state index is 13.2. The average Bonchev–Trinajstić information content (AvgIpc) is 2.75. The molecule has 31 heavy (non-hydrogen) atoms. The first-order chi connectivity index (χ1) is 14.8. The van der Waals surface area contributed by atoms with Crippen molar-refractivity contribution in [2.75, 3.05) is 50.0 Å². The molecule has 1 heterocycles. The third-order valence-corrected chi connectivity index (χ3v) is 7.15. The van der Waals surface area contributed by atoms with Crippen LogP contribution in [0.15, 0.2) is 59.5 Å². The Bertz CT molecular complexity index is 1190. The Kier molecular flexibility index (Phi) is 6.39. The Morgan fingerprint density at radius 3 is 2.45 bits per heavy atom. The van der Waals surface area contributed by atoms with Gasteiger partial charge in [-0.25, -0.2) is 8.42 Å². The zero-order chi connectivity index (χ0) is 22.0. The highest BCUT2D eigenvalue weighted by atomic mass is 35.5. The Hall–Kier alpha value is -2.32. The molecule has 3 aromatic carbocycles. The van der Waals surface area contributed by atoms with Crippen molar-refractivity contribution < 1.29 is 13.2 Å². The van der Waals surface area contributed by atoms with Gasteiger partial charge in [-0.05, 0) is 29.8 Å². The number of ether oxygens (including phenoxy) is 1. The van der Waals surface area contributed by atoms with Crippen molar-refractivity contribution in [2.45, 2.75) is 11.4 Å². The molecule has 0 unspecified atom stereocenters. The van der Waals surface area contributed by atoms with Crippen molar-refractivity contribution in [2.24, 2.45) is 0 Å². The van der Waals surface area contributed by atoms with Gasteiger partial charge >= 0.3 is 0 Å². The van der Waals surface area contributed by atoms with E-state index >= 15 is 0 Å². The second-order valence-electron chi connectivity index (χ2n) is 7.83. The fourth-order valence-electron chi connectivity index (χ4n) is 3.85. The van der Waals surface area contributed by atoms with Gasteiger partial charge in [-0.1, -0.05) is 41.9 Å². The monoisotopic (exact) mass is 459 g/mol. The van der Waals surface area contributed by atoms with Crippen molar-refractivity contribution >= 4 is 43.8 Å². The smallest absolute Gasteiger partial charge is 0.262 e. The van der Waals surface area contributed by atoms with Gasteiger partial charge in [0.2, 0.25) is 0 Å². The highest BCUT2D eigenvalue weighted by Crippen LogP contribution is 2.32. The fraction of sp³-hybridized carbons (Fsp3) is 0.304. The van der Waals surface area contributed by atoms with Crippen molar-refractivity contribution in [3.05, 3.63) is 65.2 Å². The summed E-state index contributed by atoms with van der Waals surface area (Å²) in [7, 11) is 0.0490. The molecule has 164 valence electrons. The number of nitrogens with one attached hydrogen (secondary N) is 1. The van der Waals surface area contributed by atoms with E-state index < -0.39 is 10.0 Å². The van der Waals surface area contributed by atoms with Gasteiger partial charge < -0.3 is 9.64 Å². The Balaban J connectivity index is 1.61. The highest BCUT2D eigenvalue weighted by Gasteiger charge is 2.20. The molecular formula is C23H26ClN3O3S. The van der Waals surface area contributed by atoms with Crippen molar-refractivity contribution in [1.29, 1.82) is 0 Å². The van der Waals surface area contributed by atoms with Crippen LogP contribution in [0.3, 0.4) is 0 Å².